The van der Waals surface area contributed by atoms with Crippen LogP contribution in [0.4, 0.5) is 17.1 Å². The van der Waals surface area contributed by atoms with Gasteiger partial charge in [-0.05, 0) is 30.3 Å². The molecule has 0 radical (unpaired) electrons. The van der Waals surface area contributed by atoms with Crippen molar-refractivity contribution in [3.05, 3.63) is 52.5 Å². The van der Waals surface area contributed by atoms with E-state index in [-0.39, 0.29) is 28.2 Å². The van der Waals surface area contributed by atoms with Crippen molar-refractivity contribution in [2.75, 3.05) is 33.9 Å². The fourth-order valence-electron chi connectivity index (χ4n) is 2.72. The molecule has 1 aliphatic rings. The van der Waals surface area contributed by atoms with Gasteiger partial charge in [-0.3, -0.25) is 18.8 Å². The number of carbonyl (C=O) groups excluding carboxylic acids is 2. The van der Waals surface area contributed by atoms with Gasteiger partial charge in [0.15, 0.2) is 0 Å². The SMILES string of the molecule is CS(=O)(=O)N(CC(=O)N1CC(=O)Nc2ccccc21)c1cc(Cl)ccc1Cl. The van der Waals surface area contributed by atoms with Crippen LogP contribution >= 0.6 is 23.2 Å². The molecule has 0 saturated carbocycles. The normalized spacial score (nSPS) is 13.7. The number of anilines is 3. The summed E-state index contributed by atoms with van der Waals surface area (Å²) in [5, 5.41) is 3.08. The van der Waals surface area contributed by atoms with Crippen LogP contribution in [-0.4, -0.2) is 39.6 Å². The van der Waals surface area contributed by atoms with E-state index in [2.05, 4.69) is 5.32 Å². The highest BCUT2D eigenvalue weighted by molar-refractivity contribution is 7.92. The van der Waals surface area contributed by atoms with Gasteiger partial charge < -0.3 is 5.32 Å². The van der Waals surface area contributed by atoms with Gasteiger partial charge in [0.25, 0.3) is 0 Å². The molecule has 10 heteroatoms. The molecule has 0 bridgehead atoms. The van der Waals surface area contributed by atoms with Gasteiger partial charge in [-0.1, -0.05) is 35.3 Å². The molecule has 0 spiro atoms. The largest absolute Gasteiger partial charge is 0.323 e. The molecule has 3 rings (SSSR count). The van der Waals surface area contributed by atoms with Crippen LogP contribution in [0.25, 0.3) is 0 Å². The Kier molecular flexibility index (Phi) is 5.32. The lowest BCUT2D eigenvalue weighted by atomic mass is 10.2. The second kappa shape index (κ2) is 7.38. The predicted octanol–water partition coefficient (Wildman–Crippen LogP) is 2.74. The Morgan fingerprint density at radius 2 is 1.93 bits per heavy atom. The summed E-state index contributed by atoms with van der Waals surface area (Å²) in [6, 6.07) is 11.1. The standard InChI is InChI=1S/C17H15Cl2N3O4S/c1-27(25,26)22(15-8-11(18)6-7-12(15)19)10-17(24)21-9-16(23)20-13-4-2-3-5-14(13)21/h2-8H,9-10H2,1H3,(H,20,23). The number of carbonyl (C=O) groups is 2. The Labute approximate surface area is 166 Å². The molecular weight excluding hydrogens is 413 g/mol. The fraction of sp³-hybridized carbons (Fsp3) is 0.176. The Bertz CT molecular complexity index is 1030. The number of hydrogen-bond donors (Lipinski definition) is 1. The van der Waals surface area contributed by atoms with Crippen LogP contribution in [0.1, 0.15) is 0 Å². The molecule has 1 heterocycles. The molecule has 1 N–H and O–H groups in total. The molecule has 2 aromatic carbocycles. The van der Waals surface area contributed by atoms with Crippen molar-refractivity contribution in [1.82, 2.24) is 0 Å². The summed E-state index contributed by atoms with van der Waals surface area (Å²) in [6.07, 6.45) is 0.967. The first-order valence-electron chi connectivity index (χ1n) is 7.79. The van der Waals surface area contributed by atoms with Crippen LogP contribution < -0.4 is 14.5 Å². The number of benzene rings is 2. The van der Waals surface area contributed by atoms with Crippen molar-refractivity contribution in [1.29, 1.82) is 0 Å². The number of rotatable bonds is 4. The van der Waals surface area contributed by atoms with Crippen molar-refractivity contribution in [2.24, 2.45) is 0 Å². The first-order valence-corrected chi connectivity index (χ1v) is 10.4. The quantitative estimate of drug-likeness (QED) is 0.812. The summed E-state index contributed by atoms with van der Waals surface area (Å²) >= 11 is 12.1. The molecule has 0 aliphatic carbocycles. The summed E-state index contributed by atoms with van der Waals surface area (Å²) in [6.45, 7) is -0.739. The second-order valence-electron chi connectivity index (χ2n) is 5.91. The number of amides is 2. The molecule has 0 aromatic heterocycles. The summed E-state index contributed by atoms with van der Waals surface area (Å²) in [7, 11) is -3.84. The maximum absolute atomic E-state index is 12.9. The molecule has 0 fully saturated rings. The third-order valence-electron chi connectivity index (χ3n) is 3.93. The van der Waals surface area contributed by atoms with Gasteiger partial charge in [-0.2, -0.15) is 0 Å². The number of hydrogen-bond acceptors (Lipinski definition) is 4. The van der Waals surface area contributed by atoms with Crippen LogP contribution in [-0.2, 0) is 19.6 Å². The van der Waals surface area contributed by atoms with E-state index < -0.39 is 22.5 Å². The average Bonchev–Trinajstić information content (AvgIpc) is 2.60. The number of sulfonamides is 1. The Morgan fingerprint density at radius 3 is 2.63 bits per heavy atom. The smallest absolute Gasteiger partial charge is 0.248 e. The third kappa shape index (κ3) is 4.18. The molecule has 2 amide bonds. The van der Waals surface area contributed by atoms with Gasteiger partial charge in [-0.25, -0.2) is 8.42 Å². The van der Waals surface area contributed by atoms with E-state index in [1.165, 1.54) is 23.1 Å². The molecule has 0 saturated heterocycles. The molecule has 2 aromatic rings. The molecule has 27 heavy (non-hydrogen) atoms. The van der Waals surface area contributed by atoms with E-state index in [9.17, 15) is 18.0 Å². The van der Waals surface area contributed by atoms with Gasteiger partial charge in [0, 0.05) is 5.02 Å². The maximum atomic E-state index is 12.9. The van der Waals surface area contributed by atoms with Gasteiger partial charge in [-0.15, -0.1) is 0 Å². The van der Waals surface area contributed by atoms with E-state index in [0.717, 1.165) is 10.6 Å². The number of nitrogens with zero attached hydrogens (tertiary/aromatic N) is 2. The summed E-state index contributed by atoms with van der Waals surface area (Å²) < 4.78 is 25.5. The molecule has 7 nitrogen and oxygen atoms in total. The second-order valence-corrected chi connectivity index (χ2v) is 8.66. The van der Waals surface area contributed by atoms with Crippen molar-refractivity contribution in [3.8, 4) is 0 Å². The first kappa shape index (κ1) is 19.5. The van der Waals surface area contributed by atoms with Gasteiger partial charge in [0.05, 0.1) is 28.3 Å². The minimum absolute atomic E-state index is 0.0924. The van der Waals surface area contributed by atoms with Crippen LogP contribution in [0.5, 0.6) is 0 Å². The predicted molar refractivity (Wildman–Crippen MR) is 106 cm³/mol. The minimum Gasteiger partial charge on any atom is -0.323 e. The fourth-order valence-corrected chi connectivity index (χ4v) is 4.01. The lowest BCUT2D eigenvalue weighted by molar-refractivity contribution is -0.121. The monoisotopic (exact) mass is 427 g/mol. The Morgan fingerprint density at radius 1 is 1.22 bits per heavy atom. The van der Waals surface area contributed by atoms with Crippen molar-refractivity contribution < 1.29 is 18.0 Å². The highest BCUT2D eigenvalue weighted by Crippen LogP contribution is 2.32. The van der Waals surface area contributed by atoms with E-state index in [1.54, 1.807) is 24.3 Å². The lowest BCUT2D eigenvalue weighted by Gasteiger charge is -2.31. The lowest BCUT2D eigenvalue weighted by Crippen LogP contribution is -2.47. The number of halogens is 2. The molecular formula is C17H15Cl2N3O4S. The van der Waals surface area contributed by atoms with Crippen LogP contribution in [0, 0.1) is 0 Å². The number of para-hydroxylation sites is 2. The molecule has 142 valence electrons. The molecule has 1 aliphatic heterocycles. The van der Waals surface area contributed by atoms with Gasteiger partial charge in [0.2, 0.25) is 21.8 Å². The summed E-state index contributed by atoms with van der Waals surface area (Å²) in [5.41, 5.74) is 1.07. The third-order valence-corrected chi connectivity index (χ3v) is 5.61. The van der Waals surface area contributed by atoms with Crippen molar-refractivity contribution in [3.63, 3.8) is 0 Å². The van der Waals surface area contributed by atoms with E-state index in [0.29, 0.717) is 11.4 Å². The zero-order valence-corrected chi connectivity index (χ0v) is 16.5. The van der Waals surface area contributed by atoms with E-state index in [1.807, 2.05) is 0 Å². The Hall–Kier alpha value is -2.29. The van der Waals surface area contributed by atoms with Gasteiger partial charge >= 0.3 is 0 Å². The van der Waals surface area contributed by atoms with Crippen LogP contribution in [0.2, 0.25) is 10.0 Å². The van der Waals surface area contributed by atoms with E-state index >= 15 is 0 Å². The molecule has 0 atom stereocenters. The average molecular weight is 428 g/mol. The number of nitrogens with one attached hydrogen (secondary N) is 1. The minimum atomic E-state index is -3.84. The highest BCUT2D eigenvalue weighted by Gasteiger charge is 2.30. The zero-order valence-electron chi connectivity index (χ0n) is 14.1. The zero-order chi connectivity index (χ0) is 19.8. The van der Waals surface area contributed by atoms with Gasteiger partial charge in [0.1, 0.15) is 13.1 Å². The highest BCUT2D eigenvalue weighted by atomic mass is 35.5. The van der Waals surface area contributed by atoms with Crippen LogP contribution in [0.3, 0.4) is 0 Å². The van der Waals surface area contributed by atoms with E-state index in [4.69, 9.17) is 23.2 Å². The maximum Gasteiger partial charge on any atom is 0.248 e. The first-order chi connectivity index (χ1) is 12.7. The van der Waals surface area contributed by atoms with Crippen molar-refractivity contribution >= 4 is 62.1 Å². The Balaban J connectivity index is 1.97. The van der Waals surface area contributed by atoms with Crippen LogP contribution in [0.15, 0.2) is 42.5 Å². The molecule has 0 unspecified atom stereocenters. The van der Waals surface area contributed by atoms with Crippen molar-refractivity contribution in [2.45, 2.75) is 0 Å². The summed E-state index contributed by atoms with van der Waals surface area (Å²) in [5.74, 6) is -0.937. The summed E-state index contributed by atoms with van der Waals surface area (Å²) in [4.78, 5) is 26.1. The topological polar surface area (TPSA) is 86.8 Å². The number of fused-ring (bicyclic) bond motifs is 1.